The van der Waals surface area contributed by atoms with Crippen molar-refractivity contribution in [3.8, 4) is 0 Å². The minimum Gasteiger partial charge on any atom is -0.452 e. The van der Waals surface area contributed by atoms with E-state index in [1.54, 1.807) is 13.8 Å². The first kappa shape index (κ1) is 28.9. The summed E-state index contributed by atoms with van der Waals surface area (Å²) in [6, 6.07) is 0. The van der Waals surface area contributed by atoms with Crippen LogP contribution in [0.4, 0.5) is 0 Å². The van der Waals surface area contributed by atoms with Crippen LogP contribution in [0, 0.1) is 0 Å². The Balaban J connectivity index is 3.87. The smallest absolute Gasteiger partial charge is 0.397 e. The van der Waals surface area contributed by atoms with E-state index < -0.39 is 23.1 Å². The average molecular weight is 430 g/mol. The second-order valence-corrected chi connectivity index (χ2v) is 9.89. The Kier molecular flexibility index (Phi) is 15.0. The van der Waals surface area contributed by atoms with Crippen LogP contribution in [-0.2, 0) is 24.1 Å². The van der Waals surface area contributed by atoms with E-state index in [-0.39, 0.29) is 6.10 Å². The van der Waals surface area contributed by atoms with Gasteiger partial charge in [0.1, 0.15) is 5.60 Å². The second-order valence-electron chi connectivity index (χ2n) is 9.89. The van der Waals surface area contributed by atoms with Crippen LogP contribution < -0.4 is 5.32 Å². The topological polar surface area (TPSA) is 73.9 Å². The lowest BCUT2D eigenvalue weighted by atomic mass is 10.0. The monoisotopic (exact) mass is 429 g/mol. The number of nitrogens with one attached hydrogen (secondary N) is 1. The van der Waals surface area contributed by atoms with Crippen molar-refractivity contribution in [1.82, 2.24) is 5.32 Å². The number of esters is 1. The molecule has 1 atom stereocenters. The molecule has 1 unspecified atom stereocenters. The minimum absolute atomic E-state index is 0.276. The zero-order valence-electron chi connectivity index (χ0n) is 20.6. The van der Waals surface area contributed by atoms with Crippen molar-refractivity contribution < 1.29 is 24.1 Å². The van der Waals surface area contributed by atoms with Gasteiger partial charge >= 0.3 is 11.9 Å². The zero-order chi connectivity index (χ0) is 23.0. The van der Waals surface area contributed by atoms with Gasteiger partial charge < -0.3 is 10.1 Å². The minimum atomic E-state index is -0.851. The molecule has 0 aliphatic carbocycles. The Morgan fingerprint density at radius 2 is 1.33 bits per heavy atom. The highest BCUT2D eigenvalue weighted by Gasteiger charge is 2.30. The van der Waals surface area contributed by atoms with Crippen LogP contribution in [0.3, 0.4) is 0 Å². The fourth-order valence-electron chi connectivity index (χ4n) is 3.18. The second kappa shape index (κ2) is 15.6. The summed E-state index contributed by atoms with van der Waals surface area (Å²) in [7, 11) is 0. The van der Waals surface area contributed by atoms with Gasteiger partial charge in [0.05, 0.1) is 11.7 Å². The summed E-state index contributed by atoms with van der Waals surface area (Å²) in [5, 5.41) is 2.66. The summed E-state index contributed by atoms with van der Waals surface area (Å²) < 4.78 is 5.37. The lowest BCUT2D eigenvalue weighted by molar-refractivity contribution is -0.373. The van der Waals surface area contributed by atoms with Crippen LogP contribution in [0.2, 0.25) is 0 Å². The van der Waals surface area contributed by atoms with Gasteiger partial charge in [-0.25, -0.2) is 14.6 Å². The Morgan fingerprint density at radius 1 is 0.833 bits per heavy atom. The van der Waals surface area contributed by atoms with Gasteiger partial charge in [0, 0.05) is 13.0 Å². The maximum atomic E-state index is 12.1. The summed E-state index contributed by atoms with van der Waals surface area (Å²) in [5.41, 5.74) is -1.24. The average Bonchev–Trinajstić information content (AvgIpc) is 2.63. The summed E-state index contributed by atoms with van der Waals surface area (Å²) in [6.45, 7) is 13.8. The quantitative estimate of drug-likeness (QED) is 0.109. The first-order chi connectivity index (χ1) is 14.0. The molecule has 0 bridgehead atoms. The summed E-state index contributed by atoms with van der Waals surface area (Å²) in [4.78, 5) is 34.7. The van der Waals surface area contributed by atoms with Crippen molar-refractivity contribution in [3.05, 3.63) is 0 Å². The largest absolute Gasteiger partial charge is 0.452 e. The molecule has 0 aromatic rings. The highest BCUT2D eigenvalue weighted by Crippen LogP contribution is 2.20. The molecule has 6 heteroatoms. The summed E-state index contributed by atoms with van der Waals surface area (Å²) in [5.74, 6) is -1.53. The Bertz CT molecular complexity index is 471. The number of carbonyl (C=O) groups excluding carboxylic acids is 2. The van der Waals surface area contributed by atoms with Gasteiger partial charge in [-0.05, 0) is 48.0 Å². The fourth-order valence-corrected chi connectivity index (χ4v) is 3.18. The molecule has 0 aromatic carbocycles. The molecule has 178 valence electrons. The zero-order valence-corrected chi connectivity index (χ0v) is 20.6. The van der Waals surface area contributed by atoms with E-state index >= 15 is 0 Å². The molecule has 0 aliphatic heterocycles. The number of rotatable bonds is 16. The normalized spacial score (nSPS) is 13.2. The molecule has 0 aromatic heterocycles. The molecule has 1 amide bonds. The first-order valence-electron chi connectivity index (χ1n) is 11.8. The van der Waals surface area contributed by atoms with Gasteiger partial charge in [0.15, 0.2) is 0 Å². The van der Waals surface area contributed by atoms with Gasteiger partial charge in [-0.2, -0.15) is 0 Å². The van der Waals surface area contributed by atoms with Crippen LogP contribution in [0.1, 0.15) is 119 Å². The summed E-state index contributed by atoms with van der Waals surface area (Å²) >= 11 is 0. The van der Waals surface area contributed by atoms with Gasteiger partial charge in [0.25, 0.3) is 0 Å². The van der Waals surface area contributed by atoms with Gasteiger partial charge in [0.2, 0.25) is 0 Å². The van der Waals surface area contributed by atoms with Gasteiger partial charge in [-0.3, -0.25) is 4.79 Å². The predicted octanol–water partition coefficient (Wildman–Crippen LogP) is 5.87. The lowest BCUT2D eigenvalue weighted by Gasteiger charge is -2.28. The van der Waals surface area contributed by atoms with E-state index in [0.29, 0.717) is 13.0 Å². The van der Waals surface area contributed by atoms with Crippen LogP contribution in [0.15, 0.2) is 0 Å². The van der Waals surface area contributed by atoms with E-state index in [1.807, 2.05) is 27.7 Å². The third-order valence-corrected chi connectivity index (χ3v) is 4.61. The van der Waals surface area contributed by atoms with Crippen molar-refractivity contribution in [2.24, 2.45) is 0 Å². The molecule has 0 spiro atoms. The number of unbranched alkanes of at least 4 members (excludes halogenated alkanes) is 9. The molecule has 0 fully saturated rings. The van der Waals surface area contributed by atoms with Crippen LogP contribution in [0.5, 0.6) is 0 Å². The molecule has 0 saturated carbocycles. The highest BCUT2D eigenvalue weighted by atomic mass is 17.2. The first-order valence-corrected chi connectivity index (χ1v) is 11.8. The van der Waals surface area contributed by atoms with E-state index in [1.165, 1.54) is 51.4 Å². The number of ether oxygens (including phenoxy) is 1. The SMILES string of the molecule is CCCCCCCCCCCCNC(=O)C(=O)OC(C)(C)CC(C)OOC(C)(C)C. The molecule has 1 N–H and O–H groups in total. The maximum Gasteiger partial charge on any atom is 0.397 e. The highest BCUT2D eigenvalue weighted by molar-refractivity contribution is 6.32. The van der Waals surface area contributed by atoms with E-state index in [2.05, 4.69) is 12.2 Å². The number of hydrogen-bond acceptors (Lipinski definition) is 5. The third-order valence-electron chi connectivity index (χ3n) is 4.61. The summed E-state index contributed by atoms with van der Waals surface area (Å²) in [6.07, 6.45) is 12.5. The van der Waals surface area contributed by atoms with Crippen LogP contribution in [0.25, 0.3) is 0 Å². The molecule has 6 nitrogen and oxygen atoms in total. The fraction of sp³-hybridized carbons (Fsp3) is 0.917. The van der Waals surface area contributed by atoms with Gasteiger partial charge in [-0.1, -0.05) is 64.7 Å². The standard InChI is InChI=1S/C24H47NO5/c1-8-9-10-11-12-13-14-15-16-17-18-25-21(26)22(27)28-24(6,7)19-20(2)29-30-23(3,4)5/h20H,8-19H2,1-7H3,(H,25,26). The number of carbonyl (C=O) groups is 2. The van der Waals surface area contributed by atoms with Crippen molar-refractivity contribution >= 4 is 11.9 Å². The Hall–Kier alpha value is -1.14. The van der Waals surface area contributed by atoms with Crippen molar-refractivity contribution in [2.45, 2.75) is 136 Å². The van der Waals surface area contributed by atoms with Crippen molar-refractivity contribution in [1.29, 1.82) is 0 Å². The molecule has 30 heavy (non-hydrogen) atoms. The molecular weight excluding hydrogens is 382 g/mol. The Morgan fingerprint density at radius 3 is 1.83 bits per heavy atom. The molecule has 0 saturated heterocycles. The number of hydrogen-bond donors (Lipinski definition) is 1. The van der Waals surface area contributed by atoms with Crippen molar-refractivity contribution in [2.75, 3.05) is 6.54 Å². The predicted molar refractivity (Wildman–Crippen MR) is 121 cm³/mol. The molecule has 0 heterocycles. The molecule has 0 radical (unpaired) electrons. The van der Waals surface area contributed by atoms with Crippen LogP contribution in [-0.4, -0.2) is 35.7 Å². The lowest BCUT2D eigenvalue weighted by Crippen LogP contribution is -2.40. The molecule has 0 rings (SSSR count). The van der Waals surface area contributed by atoms with E-state index in [4.69, 9.17) is 14.5 Å². The molecule has 0 aliphatic rings. The Labute approximate surface area is 184 Å². The maximum absolute atomic E-state index is 12.1. The third kappa shape index (κ3) is 17.7. The van der Waals surface area contributed by atoms with E-state index in [9.17, 15) is 9.59 Å². The molecular formula is C24H47NO5. The van der Waals surface area contributed by atoms with Crippen LogP contribution >= 0.6 is 0 Å². The van der Waals surface area contributed by atoms with E-state index in [0.717, 1.165) is 12.8 Å². The van der Waals surface area contributed by atoms with Gasteiger partial charge in [-0.15, -0.1) is 0 Å². The van der Waals surface area contributed by atoms with Crippen molar-refractivity contribution in [3.63, 3.8) is 0 Å². The number of amides is 1.